The van der Waals surface area contributed by atoms with E-state index in [1.54, 1.807) is 6.07 Å². The van der Waals surface area contributed by atoms with Crippen molar-refractivity contribution in [3.05, 3.63) is 42.0 Å². The van der Waals surface area contributed by atoms with Gasteiger partial charge >= 0.3 is 0 Å². The number of hydrogen-bond donors (Lipinski definition) is 1. The average molecular weight is 324 g/mol. The molecular weight excluding hydrogens is 300 g/mol. The molecule has 1 spiro atoms. The van der Waals surface area contributed by atoms with Gasteiger partial charge < -0.3 is 14.9 Å². The van der Waals surface area contributed by atoms with Gasteiger partial charge in [0.05, 0.1) is 5.56 Å². The van der Waals surface area contributed by atoms with Crippen molar-refractivity contribution < 1.29 is 9.90 Å². The molecule has 4 heteroatoms. The van der Waals surface area contributed by atoms with Crippen molar-refractivity contribution in [3.63, 3.8) is 0 Å². The molecule has 2 aromatic rings. The Balaban J connectivity index is 1.62. The highest BCUT2D eigenvalue weighted by molar-refractivity contribution is 6.01. The topological polar surface area (TPSA) is 43.8 Å². The molecule has 0 saturated carbocycles. The van der Waals surface area contributed by atoms with E-state index in [0.29, 0.717) is 5.56 Å². The Bertz CT molecular complexity index is 784. The van der Waals surface area contributed by atoms with E-state index in [2.05, 4.69) is 11.9 Å². The number of rotatable bonds is 1. The second kappa shape index (κ2) is 5.78. The van der Waals surface area contributed by atoms with E-state index in [1.165, 1.54) is 6.42 Å². The van der Waals surface area contributed by atoms with Crippen molar-refractivity contribution >= 4 is 16.7 Å². The Morgan fingerprint density at radius 3 is 2.54 bits per heavy atom. The van der Waals surface area contributed by atoms with Crippen LogP contribution in [0.15, 0.2) is 36.4 Å². The molecule has 0 aliphatic carbocycles. The van der Waals surface area contributed by atoms with Gasteiger partial charge in [0.1, 0.15) is 5.75 Å². The molecule has 2 aromatic carbocycles. The number of fused-ring (bicyclic) bond motifs is 1. The van der Waals surface area contributed by atoms with Gasteiger partial charge in [0.2, 0.25) is 0 Å². The van der Waals surface area contributed by atoms with Crippen molar-refractivity contribution in [2.75, 3.05) is 33.2 Å². The van der Waals surface area contributed by atoms with E-state index in [4.69, 9.17) is 0 Å². The molecule has 1 unspecified atom stereocenters. The predicted molar refractivity (Wildman–Crippen MR) is 95.3 cm³/mol. The summed E-state index contributed by atoms with van der Waals surface area (Å²) in [6.45, 7) is 3.78. The Kier molecular flexibility index (Phi) is 3.72. The maximum absolute atomic E-state index is 13.0. The minimum Gasteiger partial charge on any atom is -0.507 e. The van der Waals surface area contributed by atoms with Crippen LogP contribution in [-0.4, -0.2) is 54.0 Å². The van der Waals surface area contributed by atoms with Gasteiger partial charge in [0.25, 0.3) is 5.91 Å². The summed E-state index contributed by atoms with van der Waals surface area (Å²) in [6, 6.07) is 11.4. The van der Waals surface area contributed by atoms with Gasteiger partial charge in [-0.3, -0.25) is 4.79 Å². The van der Waals surface area contributed by atoms with Gasteiger partial charge in [-0.2, -0.15) is 0 Å². The van der Waals surface area contributed by atoms with Gasteiger partial charge in [-0.05, 0) is 55.8 Å². The number of benzene rings is 2. The van der Waals surface area contributed by atoms with Crippen LogP contribution in [0, 0.1) is 5.41 Å². The number of carbonyl (C=O) groups excluding carboxylic acids is 1. The molecule has 1 atom stereocenters. The zero-order valence-electron chi connectivity index (χ0n) is 14.2. The Morgan fingerprint density at radius 1 is 1.08 bits per heavy atom. The molecule has 2 aliphatic heterocycles. The fourth-order valence-electron chi connectivity index (χ4n) is 4.44. The van der Waals surface area contributed by atoms with Crippen LogP contribution in [0.1, 0.15) is 29.6 Å². The summed E-state index contributed by atoms with van der Waals surface area (Å²) in [5.41, 5.74) is 0.673. The van der Waals surface area contributed by atoms with Gasteiger partial charge in [-0.1, -0.05) is 24.3 Å². The summed E-state index contributed by atoms with van der Waals surface area (Å²) < 4.78 is 0. The van der Waals surface area contributed by atoms with Crippen LogP contribution in [0.5, 0.6) is 5.75 Å². The number of likely N-dealkylation sites (tertiary alicyclic amines) is 2. The molecule has 4 rings (SSSR count). The van der Waals surface area contributed by atoms with E-state index in [9.17, 15) is 9.90 Å². The lowest BCUT2D eigenvalue weighted by atomic mass is 9.79. The predicted octanol–water partition coefficient (Wildman–Crippen LogP) is 3.10. The normalized spacial score (nSPS) is 24.8. The molecular formula is C20H24N2O2. The lowest BCUT2D eigenvalue weighted by Crippen LogP contribution is -2.47. The number of phenolic OH excluding ortho intramolecular Hbond substituents is 1. The number of phenols is 1. The van der Waals surface area contributed by atoms with Crippen LogP contribution in [-0.2, 0) is 0 Å². The van der Waals surface area contributed by atoms with E-state index >= 15 is 0 Å². The Morgan fingerprint density at radius 2 is 1.83 bits per heavy atom. The first-order valence-corrected chi connectivity index (χ1v) is 8.76. The number of nitrogens with zero attached hydrogens (tertiary/aromatic N) is 2. The minimum atomic E-state index is -0.0353. The molecule has 0 radical (unpaired) electrons. The number of piperidine rings is 1. The third-order valence-electron chi connectivity index (χ3n) is 5.67. The van der Waals surface area contributed by atoms with Crippen LogP contribution in [0.2, 0.25) is 0 Å². The number of amides is 1. The van der Waals surface area contributed by atoms with Gasteiger partial charge in [-0.25, -0.2) is 0 Å². The van der Waals surface area contributed by atoms with E-state index in [1.807, 2.05) is 35.2 Å². The van der Waals surface area contributed by atoms with E-state index in [0.717, 1.165) is 49.8 Å². The van der Waals surface area contributed by atoms with Gasteiger partial charge in [0, 0.05) is 25.0 Å². The lowest BCUT2D eigenvalue weighted by Gasteiger charge is -2.40. The van der Waals surface area contributed by atoms with Crippen LogP contribution in [0.4, 0.5) is 0 Å². The molecule has 2 aliphatic rings. The zero-order valence-corrected chi connectivity index (χ0v) is 14.2. The molecule has 4 nitrogen and oxygen atoms in total. The Hall–Kier alpha value is -2.07. The number of carbonyl (C=O) groups is 1. The summed E-state index contributed by atoms with van der Waals surface area (Å²) in [4.78, 5) is 17.4. The minimum absolute atomic E-state index is 0.0353. The van der Waals surface area contributed by atoms with Crippen molar-refractivity contribution in [1.29, 1.82) is 0 Å². The summed E-state index contributed by atoms with van der Waals surface area (Å²) in [5.74, 6) is 0.0498. The highest BCUT2D eigenvalue weighted by atomic mass is 16.3. The lowest BCUT2D eigenvalue weighted by molar-refractivity contribution is 0.0532. The summed E-state index contributed by atoms with van der Waals surface area (Å²) in [5, 5.41) is 12.3. The first-order valence-electron chi connectivity index (χ1n) is 8.76. The van der Waals surface area contributed by atoms with Crippen molar-refractivity contribution in [1.82, 2.24) is 9.80 Å². The largest absolute Gasteiger partial charge is 0.507 e. The molecule has 126 valence electrons. The first kappa shape index (κ1) is 15.5. The standard InChI is InChI=1S/C20H24N2O2/c1-21-10-8-20(13-21)7-4-9-22(14-20)19(24)17-11-15-5-2-3-6-16(15)12-18(17)23/h2-3,5-6,11-12,23H,4,7-10,13-14H2,1H3. The van der Waals surface area contributed by atoms with Crippen molar-refractivity contribution in [2.24, 2.45) is 5.41 Å². The highest BCUT2D eigenvalue weighted by Gasteiger charge is 2.41. The molecule has 1 amide bonds. The van der Waals surface area contributed by atoms with Gasteiger partial charge in [0.15, 0.2) is 0 Å². The van der Waals surface area contributed by atoms with Crippen molar-refractivity contribution in [2.45, 2.75) is 19.3 Å². The van der Waals surface area contributed by atoms with E-state index < -0.39 is 0 Å². The van der Waals surface area contributed by atoms with Crippen LogP contribution in [0.25, 0.3) is 10.8 Å². The highest BCUT2D eigenvalue weighted by Crippen LogP contribution is 2.39. The molecule has 2 heterocycles. The second-order valence-corrected chi connectivity index (χ2v) is 7.53. The fourth-order valence-corrected chi connectivity index (χ4v) is 4.44. The summed E-state index contributed by atoms with van der Waals surface area (Å²) in [6.07, 6.45) is 3.41. The molecule has 2 fully saturated rings. The summed E-state index contributed by atoms with van der Waals surface area (Å²) >= 11 is 0. The molecule has 24 heavy (non-hydrogen) atoms. The molecule has 0 bridgehead atoms. The maximum atomic E-state index is 13.0. The number of aromatic hydroxyl groups is 1. The Labute approximate surface area is 142 Å². The summed E-state index contributed by atoms with van der Waals surface area (Å²) in [7, 11) is 2.16. The zero-order chi connectivity index (χ0) is 16.7. The maximum Gasteiger partial charge on any atom is 0.257 e. The monoisotopic (exact) mass is 324 g/mol. The third kappa shape index (κ3) is 2.65. The SMILES string of the molecule is CN1CCC2(CCCN(C(=O)c3cc4ccccc4cc3O)C2)C1. The fraction of sp³-hybridized carbons (Fsp3) is 0.450. The smallest absolute Gasteiger partial charge is 0.257 e. The van der Waals surface area contributed by atoms with Crippen LogP contribution in [0.3, 0.4) is 0 Å². The number of hydrogen-bond acceptors (Lipinski definition) is 3. The van der Waals surface area contributed by atoms with E-state index in [-0.39, 0.29) is 17.1 Å². The van der Waals surface area contributed by atoms with Crippen molar-refractivity contribution in [3.8, 4) is 5.75 Å². The van der Waals surface area contributed by atoms with Crippen LogP contribution < -0.4 is 0 Å². The first-order chi connectivity index (χ1) is 11.6. The third-order valence-corrected chi connectivity index (χ3v) is 5.67. The average Bonchev–Trinajstić information content (AvgIpc) is 2.93. The molecule has 2 saturated heterocycles. The molecule has 0 aromatic heterocycles. The quantitative estimate of drug-likeness (QED) is 0.876. The molecule has 1 N–H and O–H groups in total. The van der Waals surface area contributed by atoms with Gasteiger partial charge in [-0.15, -0.1) is 0 Å². The van der Waals surface area contributed by atoms with Crippen LogP contribution >= 0.6 is 0 Å². The second-order valence-electron chi connectivity index (χ2n) is 7.53.